The predicted molar refractivity (Wildman–Crippen MR) is 69.4 cm³/mol. The Kier molecular flexibility index (Phi) is 4.18. The van der Waals surface area contributed by atoms with Crippen LogP contribution in [0.2, 0.25) is 0 Å². The smallest absolute Gasteiger partial charge is 0.133 e. The number of ether oxygens (including phenoxy) is 1. The van der Waals surface area contributed by atoms with Crippen molar-refractivity contribution in [3.05, 3.63) is 34.9 Å². The van der Waals surface area contributed by atoms with Crippen LogP contribution in [0.1, 0.15) is 42.9 Å². The molecule has 0 amide bonds. The largest absolute Gasteiger partial charge is 0.378 e. The van der Waals surface area contributed by atoms with Crippen molar-refractivity contribution in [2.75, 3.05) is 7.11 Å². The van der Waals surface area contributed by atoms with Gasteiger partial charge in [0.2, 0.25) is 0 Å². The molecule has 0 spiro atoms. The summed E-state index contributed by atoms with van der Waals surface area (Å²) in [6.07, 6.45) is 3.34. The van der Waals surface area contributed by atoms with Crippen LogP contribution in [-0.4, -0.2) is 12.7 Å². The van der Waals surface area contributed by atoms with E-state index in [0.717, 1.165) is 19.3 Å². The highest BCUT2D eigenvalue weighted by Crippen LogP contribution is 2.42. The Morgan fingerprint density at radius 1 is 1.42 bits per heavy atom. The van der Waals surface area contributed by atoms with Crippen molar-refractivity contribution >= 4 is 0 Å². The van der Waals surface area contributed by atoms with Crippen LogP contribution in [-0.2, 0) is 4.74 Å². The van der Waals surface area contributed by atoms with Crippen LogP contribution in [0.3, 0.4) is 0 Å². The second-order valence-electron chi connectivity index (χ2n) is 5.26. The van der Waals surface area contributed by atoms with E-state index in [2.05, 4.69) is 5.43 Å². The molecule has 0 bridgehead atoms. The minimum atomic E-state index is -0.583. The van der Waals surface area contributed by atoms with E-state index in [1.165, 1.54) is 12.1 Å². The summed E-state index contributed by atoms with van der Waals surface area (Å²) < 4.78 is 33.5. The van der Waals surface area contributed by atoms with Crippen LogP contribution in [0.15, 0.2) is 12.1 Å². The second-order valence-corrected chi connectivity index (χ2v) is 5.26. The molecule has 0 aromatic heterocycles. The third-order valence-corrected chi connectivity index (χ3v) is 4.14. The van der Waals surface area contributed by atoms with Gasteiger partial charge in [-0.2, -0.15) is 0 Å². The van der Waals surface area contributed by atoms with E-state index in [-0.39, 0.29) is 11.2 Å². The van der Waals surface area contributed by atoms with Gasteiger partial charge in [-0.1, -0.05) is 6.07 Å². The molecule has 1 atom stereocenters. The fourth-order valence-electron chi connectivity index (χ4n) is 2.68. The Bertz CT molecular complexity index is 455. The number of halogens is 2. The van der Waals surface area contributed by atoms with Gasteiger partial charge in [-0.15, -0.1) is 0 Å². The van der Waals surface area contributed by atoms with Crippen molar-refractivity contribution in [2.45, 2.75) is 44.2 Å². The normalized spacial score (nSPS) is 19.0. The van der Waals surface area contributed by atoms with Gasteiger partial charge < -0.3 is 4.74 Å². The van der Waals surface area contributed by atoms with E-state index in [9.17, 15) is 8.78 Å². The molecule has 5 heteroatoms. The number of hydrogen-bond acceptors (Lipinski definition) is 3. The van der Waals surface area contributed by atoms with Gasteiger partial charge in [-0.25, -0.2) is 8.78 Å². The molecule has 3 nitrogen and oxygen atoms in total. The number of nitrogens with two attached hydrogens (primary N) is 1. The van der Waals surface area contributed by atoms with Crippen molar-refractivity contribution in [1.82, 2.24) is 5.43 Å². The highest BCUT2D eigenvalue weighted by Gasteiger charge is 2.40. The Morgan fingerprint density at radius 2 is 2.11 bits per heavy atom. The number of nitrogens with one attached hydrogen (secondary N) is 1. The molecule has 1 aliphatic carbocycles. The summed E-state index contributed by atoms with van der Waals surface area (Å²) in [4.78, 5) is 0. The second kappa shape index (κ2) is 5.53. The van der Waals surface area contributed by atoms with E-state index in [1.54, 1.807) is 14.0 Å². The van der Waals surface area contributed by atoms with Crippen LogP contribution in [0, 0.1) is 18.6 Å². The molecule has 1 unspecified atom stereocenters. The Morgan fingerprint density at radius 3 is 2.58 bits per heavy atom. The molecular formula is C14H20F2N2O. The first kappa shape index (κ1) is 14.4. The van der Waals surface area contributed by atoms with Gasteiger partial charge in [0.25, 0.3) is 0 Å². The minimum Gasteiger partial charge on any atom is -0.378 e. The number of hydrogen-bond donors (Lipinski definition) is 2. The van der Waals surface area contributed by atoms with E-state index >= 15 is 0 Å². The molecular weight excluding hydrogens is 250 g/mol. The molecule has 1 saturated carbocycles. The molecule has 2 rings (SSSR count). The first-order valence-corrected chi connectivity index (χ1v) is 6.49. The van der Waals surface area contributed by atoms with Gasteiger partial charge in [0.1, 0.15) is 11.6 Å². The zero-order valence-electron chi connectivity index (χ0n) is 11.3. The van der Waals surface area contributed by atoms with Gasteiger partial charge in [-0.3, -0.25) is 11.3 Å². The minimum absolute atomic E-state index is 0.00539. The molecule has 0 saturated heterocycles. The summed E-state index contributed by atoms with van der Waals surface area (Å²) in [6.45, 7) is 1.61. The van der Waals surface area contributed by atoms with Gasteiger partial charge in [0, 0.05) is 12.7 Å². The summed E-state index contributed by atoms with van der Waals surface area (Å²) >= 11 is 0. The maximum atomic E-state index is 14.1. The van der Waals surface area contributed by atoms with E-state index in [1.807, 2.05) is 0 Å². The van der Waals surface area contributed by atoms with Crippen molar-refractivity contribution in [3.8, 4) is 0 Å². The van der Waals surface area contributed by atoms with Gasteiger partial charge in [0.05, 0.1) is 11.6 Å². The number of hydrazine groups is 1. The maximum Gasteiger partial charge on any atom is 0.133 e. The van der Waals surface area contributed by atoms with Crippen molar-refractivity contribution in [1.29, 1.82) is 0 Å². The predicted octanol–water partition coefficient (Wildman–Crippen LogP) is 2.74. The molecule has 19 heavy (non-hydrogen) atoms. The monoisotopic (exact) mass is 270 g/mol. The molecule has 1 aromatic rings. The average molecular weight is 270 g/mol. The van der Waals surface area contributed by atoms with E-state index in [0.29, 0.717) is 12.0 Å². The van der Waals surface area contributed by atoms with Crippen LogP contribution in [0.5, 0.6) is 0 Å². The van der Waals surface area contributed by atoms with Crippen LogP contribution >= 0.6 is 0 Å². The lowest BCUT2D eigenvalue weighted by Gasteiger charge is -2.42. The fourth-order valence-corrected chi connectivity index (χ4v) is 2.68. The third kappa shape index (κ3) is 2.63. The maximum absolute atomic E-state index is 14.1. The van der Waals surface area contributed by atoms with Crippen molar-refractivity contribution in [2.24, 2.45) is 5.84 Å². The van der Waals surface area contributed by atoms with Crippen molar-refractivity contribution in [3.63, 3.8) is 0 Å². The van der Waals surface area contributed by atoms with Crippen LogP contribution in [0.25, 0.3) is 0 Å². The number of methoxy groups -OCH3 is 1. The quantitative estimate of drug-likeness (QED) is 0.639. The highest BCUT2D eigenvalue weighted by molar-refractivity contribution is 5.29. The molecule has 0 aliphatic heterocycles. The zero-order chi connectivity index (χ0) is 14.0. The van der Waals surface area contributed by atoms with Gasteiger partial charge in [0.15, 0.2) is 0 Å². The summed E-state index contributed by atoms with van der Waals surface area (Å²) in [5, 5.41) is 0. The summed E-state index contributed by atoms with van der Waals surface area (Å²) in [6, 6.07) is 2.12. The fraction of sp³-hybridized carbons (Fsp3) is 0.571. The topological polar surface area (TPSA) is 47.3 Å². The van der Waals surface area contributed by atoms with E-state index in [4.69, 9.17) is 10.6 Å². The molecule has 106 valence electrons. The molecule has 1 fully saturated rings. The van der Waals surface area contributed by atoms with Gasteiger partial charge >= 0.3 is 0 Å². The number of aryl methyl sites for hydroxylation is 1. The molecule has 3 N–H and O–H groups in total. The number of rotatable bonds is 5. The SMILES string of the molecule is COC1(CC(NN)c2c(F)ccc(C)c2F)CCC1. The molecule has 0 radical (unpaired) electrons. The Balaban J connectivity index is 2.29. The first-order chi connectivity index (χ1) is 9.03. The molecule has 1 aliphatic rings. The summed E-state index contributed by atoms with van der Waals surface area (Å²) in [7, 11) is 1.63. The standard InChI is InChI=1S/C14H20F2N2O/c1-9-4-5-10(15)12(13(9)16)11(18-17)8-14(19-2)6-3-7-14/h4-5,11,18H,3,6-8,17H2,1-2H3. The van der Waals surface area contributed by atoms with Gasteiger partial charge in [-0.05, 0) is 44.2 Å². The Hall–Kier alpha value is -1.04. The zero-order valence-corrected chi connectivity index (χ0v) is 11.3. The lowest BCUT2D eigenvalue weighted by Crippen LogP contribution is -2.44. The van der Waals surface area contributed by atoms with E-state index < -0.39 is 17.7 Å². The lowest BCUT2D eigenvalue weighted by atomic mass is 9.74. The van der Waals surface area contributed by atoms with Crippen LogP contribution < -0.4 is 11.3 Å². The summed E-state index contributed by atoms with van der Waals surface area (Å²) in [5.41, 5.74) is 2.64. The Labute approximate surface area is 112 Å². The summed E-state index contributed by atoms with van der Waals surface area (Å²) in [5.74, 6) is 4.39. The molecule has 1 aromatic carbocycles. The van der Waals surface area contributed by atoms with Crippen LogP contribution in [0.4, 0.5) is 8.78 Å². The highest BCUT2D eigenvalue weighted by atomic mass is 19.1. The van der Waals surface area contributed by atoms with Crippen molar-refractivity contribution < 1.29 is 13.5 Å². The average Bonchev–Trinajstić information content (AvgIpc) is 2.36. The third-order valence-electron chi connectivity index (χ3n) is 4.14. The first-order valence-electron chi connectivity index (χ1n) is 6.49. The molecule has 0 heterocycles. The number of benzene rings is 1. The lowest BCUT2D eigenvalue weighted by molar-refractivity contribution is -0.0841.